The Morgan fingerprint density at radius 2 is 2.05 bits per heavy atom. The molecule has 0 aliphatic carbocycles. The number of hydrogen-bond donors (Lipinski definition) is 1. The van der Waals surface area contributed by atoms with E-state index in [1.54, 1.807) is 17.4 Å². The first-order valence-electron chi connectivity index (χ1n) is 6.02. The largest absolute Gasteiger partial charge is 0.365 e. The van der Waals surface area contributed by atoms with Gasteiger partial charge in [-0.2, -0.15) is 0 Å². The molecule has 20 heavy (non-hydrogen) atoms. The second-order valence-electron chi connectivity index (χ2n) is 4.42. The zero-order valence-electron chi connectivity index (χ0n) is 10.7. The molecule has 0 fully saturated rings. The molecular formula is C14H11F2N3S. The molecule has 0 amide bonds. The summed E-state index contributed by atoms with van der Waals surface area (Å²) >= 11 is 1.56. The molecule has 2 aromatic heterocycles. The molecule has 0 radical (unpaired) electrons. The Kier molecular flexibility index (Phi) is 3.31. The minimum absolute atomic E-state index is 0.375. The number of nitrogens with zero attached hydrogens (tertiary/aromatic N) is 2. The highest BCUT2D eigenvalue weighted by atomic mass is 32.1. The quantitative estimate of drug-likeness (QED) is 0.795. The highest BCUT2D eigenvalue weighted by Crippen LogP contribution is 2.28. The van der Waals surface area contributed by atoms with Gasteiger partial charge < -0.3 is 5.32 Å². The number of anilines is 1. The monoisotopic (exact) mass is 291 g/mol. The van der Waals surface area contributed by atoms with E-state index in [2.05, 4.69) is 15.3 Å². The van der Waals surface area contributed by atoms with E-state index in [4.69, 9.17) is 0 Å². The van der Waals surface area contributed by atoms with Crippen LogP contribution < -0.4 is 5.32 Å². The molecular weight excluding hydrogens is 280 g/mol. The van der Waals surface area contributed by atoms with E-state index in [1.165, 1.54) is 12.4 Å². The van der Waals surface area contributed by atoms with Gasteiger partial charge in [0.2, 0.25) is 0 Å². The number of nitrogens with one attached hydrogen (secondary N) is 1. The minimum Gasteiger partial charge on any atom is -0.365 e. The number of thiophene rings is 1. The zero-order valence-corrected chi connectivity index (χ0v) is 11.5. The molecule has 2 heterocycles. The number of rotatable bonds is 3. The topological polar surface area (TPSA) is 37.8 Å². The van der Waals surface area contributed by atoms with E-state index in [-0.39, 0.29) is 0 Å². The van der Waals surface area contributed by atoms with Gasteiger partial charge in [0.15, 0.2) is 11.6 Å². The summed E-state index contributed by atoms with van der Waals surface area (Å²) in [4.78, 5) is 8.43. The fourth-order valence-corrected chi connectivity index (χ4v) is 2.90. The van der Waals surface area contributed by atoms with E-state index in [0.29, 0.717) is 17.9 Å². The van der Waals surface area contributed by atoms with Crippen LogP contribution in [-0.2, 0) is 6.54 Å². The average molecular weight is 291 g/mol. The third kappa shape index (κ3) is 2.34. The Labute approximate surface area is 118 Å². The predicted octanol–water partition coefficient (Wildman–Crippen LogP) is 3.89. The first-order chi connectivity index (χ1) is 9.65. The van der Waals surface area contributed by atoms with Gasteiger partial charge in [-0.15, -0.1) is 11.3 Å². The third-order valence-electron chi connectivity index (χ3n) is 2.97. The van der Waals surface area contributed by atoms with Gasteiger partial charge in [-0.3, -0.25) is 0 Å². The summed E-state index contributed by atoms with van der Waals surface area (Å²) in [5.41, 5.74) is 2.67. The fourth-order valence-electron chi connectivity index (χ4n) is 1.93. The van der Waals surface area contributed by atoms with Gasteiger partial charge in [-0.05, 0) is 35.6 Å². The lowest BCUT2D eigenvalue weighted by molar-refractivity contribution is 0.507. The normalized spacial score (nSPS) is 10.9. The molecule has 3 nitrogen and oxygen atoms in total. The van der Waals surface area contributed by atoms with Gasteiger partial charge in [-0.25, -0.2) is 18.7 Å². The number of hydrogen-bond acceptors (Lipinski definition) is 4. The lowest BCUT2D eigenvalue weighted by atomic mass is 10.2. The van der Waals surface area contributed by atoms with Crippen LogP contribution in [0.15, 0.2) is 29.9 Å². The fraction of sp³-hybridized carbons (Fsp3) is 0.143. The maximum Gasteiger partial charge on any atom is 0.159 e. The number of benzene rings is 1. The maximum absolute atomic E-state index is 13.1. The minimum atomic E-state index is -0.843. The first kappa shape index (κ1) is 12.9. The number of aryl methyl sites for hydroxylation is 1. The lowest BCUT2D eigenvalue weighted by Gasteiger charge is -2.06. The van der Waals surface area contributed by atoms with Crippen LogP contribution in [0.2, 0.25) is 0 Å². The molecule has 1 N–H and O–H groups in total. The van der Waals surface area contributed by atoms with Crippen LogP contribution in [0.5, 0.6) is 0 Å². The van der Waals surface area contributed by atoms with Crippen molar-refractivity contribution in [1.29, 1.82) is 0 Å². The molecule has 102 valence electrons. The van der Waals surface area contributed by atoms with Crippen LogP contribution in [0.1, 0.15) is 11.1 Å². The Hall–Kier alpha value is -2.08. The van der Waals surface area contributed by atoms with Crippen molar-refractivity contribution in [3.05, 3.63) is 52.7 Å². The van der Waals surface area contributed by atoms with Crippen molar-refractivity contribution < 1.29 is 8.78 Å². The van der Waals surface area contributed by atoms with Crippen molar-refractivity contribution in [2.24, 2.45) is 0 Å². The molecule has 3 rings (SSSR count). The van der Waals surface area contributed by atoms with E-state index in [0.717, 1.165) is 21.8 Å². The Morgan fingerprint density at radius 3 is 2.85 bits per heavy atom. The second-order valence-corrected chi connectivity index (χ2v) is 5.30. The van der Waals surface area contributed by atoms with Crippen molar-refractivity contribution in [1.82, 2.24) is 9.97 Å². The summed E-state index contributed by atoms with van der Waals surface area (Å²) in [7, 11) is 0. The van der Waals surface area contributed by atoms with Crippen molar-refractivity contribution in [3.8, 4) is 0 Å². The van der Waals surface area contributed by atoms with E-state index in [1.807, 2.05) is 12.3 Å². The van der Waals surface area contributed by atoms with E-state index < -0.39 is 11.6 Å². The number of halogens is 2. The molecule has 0 bridgehead atoms. The molecule has 3 aromatic rings. The molecule has 0 saturated heterocycles. The smallest absolute Gasteiger partial charge is 0.159 e. The molecule has 0 spiro atoms. The highest BCUT2D eigenvalue weighted by Gasteiger charge is 2.08. The molecule has 0 unspecified atom stereocenters. The molecule has 0 saturated carbocycles. The lowest BCUT2D eigenvalue weighted by Crippen LogP contribution is -2.02. The van der Waals surface area contributed by atoms with Gasteiger partial charge in [-0.1, -0.05) is 6.07 Å². The third-order valence-corrected chi connectivity index (χ3v) is 4.07. The van der Waals surface area contributed by atoms with Crippen LogP contribution in [-0.4, -0.2) is 9.97 Å². The molecule has 6 heteroatoms. The van der Waals surface area contributed by atoms with E-state index in [9.17, 15) is 8.78 Å². The maximum atomic E-state index is 13.1. The second kappa shape index (κ2) is 5.13. The summed E-state index contributed by atoms with van der Waals surface area (Å²) in [6.45, 7) is 2.37. The predicted molar refractivity (Wildman–Crippen MR) is 75.8 cm³/mol. The van der Waals surface area contributed by atoms with Crippen LogP contribution in [0.4, 0.5) is 14.6 Å². The Balaban J connectivity index is 1.85. The van der Waals surface area contributed by atoms with Gasteiger partial charge in [0.1, 0.15) is 12.1 Å². The standard InChI is InChI=1S/C14H11F2N3S/c1-8-6-20-13-12(8)18-7-19-14(13)17-5-9-2-3-10(15)11(16)4-9/h2-4,6-7H,5H2,1H3,(H,17,18,19). The van der Waals surface area contributed by atoms with Crippen LogP contribution in [0, 0.1) is 18.6 Å². The Morgan fingerprint density at radius 1 is 1.20 bits per heavy atom. The van der Waals surface area contributed by atoms with Gasteiger partial charge in [0.25, 0.3) is 0 Å². The average Bonchev–Trinajstić information content (AvgIpc) is 2.83. The molecule has 0 aliphatic heterocycles. The van der Waals surface area contributed by atoms with Crippen molar-refractivity contribution in [2.75, 3.05) is 5.32 Å². The summed E-state index contributed by atoms with van der Waals surface area (Å²) in [5.74, 6) is -0.978. The van der Waals surface area contributed by atoms with Gasteiger partial charge >= 0.3 is 0 Å². The summed E-state index contributed by atoms with van der Waals surface area (Å²) < 4.78 is 27.0. The molecule has 1 aromatic carbocycles. The van der Waals surface area contributed by atoms with E-state index >= 15 is 0 Å². The summed E-state index contributed by atoms with van der Waals surface area (Å²) in [5, 5.41) is 5.15. The van der Waals surface area contributed by atoms with Gasteiger partial charge in [0, 0.05) is 6.54 Å². The Bertz CT molecular complexity index is 770. The summed E-state index contributed by atoms with van der Waals surface area (Å²) in [6.07, 6.45) is 1.50. The van der Waals surface area contributed by atoms with Crippen molar-refractivity contribution in [3.63, 3.8) is 0 Å². The molecule has 0 atom stereocenters. The van der Waals surface area contributed by atoms with Crippen molar-refractivity contribution in [2.45, 2.75) is 13.5 Å². The summed E-state index contributed by atoms with van der Waals surface area (Å²) in [6, 6.07) is 3.85. The number of aromatic nitrogens is 2. The first-order valence-corrected chi connectivity index (χ1v) is 6.89. The van der Waals surface area contributed by atoms with Crippen LogP contribution >= 0.6 is 11.3 Å². The van der Waals surface area contributed by atoms with Crippen molar-refractivity contribution >= 4 is 27.4 Å². The molecule has 0 aliphatic rings. The van der Waals surface area contributed by atoms with Crippen LogP contribution in [0.25, 0.3) is 10.2 Å². The highest BCUT2D eigenvalue weighted by molar-refractivity contribution is 7.18. The number of fused-ring (bicyclic) bond motifs is 1. The zero-order chi connectivity index (χ0) is 14.1. The van der Waals surface area contributed by atoms with Crippen LogP contribution in [0.3, 0.4) is 0 Å². The SMILES string of the molecule is Cc1csc2c(NCc3ccc(F)c(F)c3)ncnc12. The van der Waals surface area contributed by atoms with Gasteiger partial charge in [0.05, 0.1) is 10.2 Å².